The van der Waals surface area contributed by atoms with Crippen LogP contribution in [0.15, 0.2) is 48.5 Å². The minimum atomic E-state index is -0.410. The summed E-state index contributed by atoms with van der Waals surface area (Å²) in [5.74, 6) is 1.27. The van der Waals surface area contributed by atoms with Crippen molar-refractivity contribution in [3.8, 4) is 11.5 Å². The zero-order valence-electron chi connectivity index (χ0n) is 12.6. The monoisotopic (exact) mass is 284 g/mol. The highest BCUT2D eigenvalue weighted by Gasteiger charge is 2.08. The van der Waals surface area contributed by atoms with Crippen molar-refractivity contribution in [1.29, 1.82) is 0 Å². The van der Waals surface area contributed by atoms with E-state index < -0.39 is 5.97 Å². The third kappa shape index (κ3) is 4.35. The molecule has 0 aliphatic heterocycles. The lowest BCUT2D eigenvalue weighted by molar-refractivity contribution is -0.136. The smallest absolute Gasteiger partial charge is 0.349 e. The van der Waals surface area contributed by atoms with Gasteiger partial charge in [-0.05, 0) is 48.2 Å². The fraction of sp³-hybridized carbons (Fsp3) is 0.278. The molecule has 0 unspecified atom stereocenters. The summed E-state index contributed by atoms with van der Waals surface area (Å²) >= 11 is 0. The van der Waals surface area contributed by atoms with Crippen LogP contribution in [0.5, 0.6) is 11.5 Å². The predicted molar refractivity (Wildman–Crippen MR) is 82.8 cm³/mol. The largest absolute Gasteiger partial charge is 0.482 e. The maximum Gasteiger partial charge on any atom is 0.349 e. The highest BCUT2D eigenvalue weighted by atomic mass is 16.6. The number of para-hydroxylation sites is 1. The summed E-state index contributed by atoms with van der Waals surface area (Å²) in [6, 6.07) is 14.8. The van der Waals surface area contributed by atoms with Crippen molar-refractivity contribution in [2.24, 2.45) is 0 Å². The molecule has 0 fully saturated rings. The van der Waals surface area contributed by atoms with Gasteiger partial charge in [-0.2, -0.15) is 0 Å². The molecule has 0 aliphatic rings. The average molecular weight is 284 g/mol. The van der Waals surface area contributed by atoms with Crippen LogP contribution < -0.4 is 9.47 Å². The summed E-state index contributed by atoms with van der Waals surface area (Å²) < 4.78 is 10.6. The summed E-state index contributed by atoms with van der Waals surface area (Å²) in [5, 5.41) is 0. The summed E-state index contributed by atoms with van der Waals surface area (Å²) in [7, 11) is 0. The fourth-order valence-corrected chi connectivity index (χ4v) is 2.18. The lowest BCUT2D eigenvalue weighted by atomic mass is 9.98. The molecule has 0 atom stereocenters. The summed E-state index contributed by atoms with van der Waals surface area (Å²) in [4.78, 5) is 11.7. The van der Waals surface area contributed by atoms with Crippen LogP contribution in [-0.2, 0) is 4.79 Å². The first kappa shape index (κ1) is 15.1. The van der Waals surface area contributed by atoms with Gasteiger partial charge in [-0.3, -0.25) is 0 Å². The number of carbonyl (C=O) groups excluding carboxylic acids is 1. The molecule has 0 bridgehead atoms. The molecular formula is C18H20O3. The van der Waals surface area contributed by atoms with Gasteiger partial charge in [-0.25, -0.2) is 4.79 Å². The first-order valence-corrected chi connectivity index (χ1v) is 7.05. The topological polar surface area (TPSA) is 35.5 Å². The van der Waals surface area contributed by atoms with Crippen molar-refractivity contribution < 1.29 is 14.3 Å². The zero-order chi connectivity index (χ0) is 15.2. The van der Waals surface area contributed by atoms with Gasteiger partial charge in [-0.1, -0.05) is 38.1 Å². The van der Waals surface area contributed by atoms with Gasteiger partial charge in [0.2, 0.25) is 0 Å². The molecule has 110 valence electrons. The number of benzene rings is 2. The van der Waals surface area contributed by atoms with Crippen molar-refractivity contribution in [2.75, 3.05) is 6.61 Å². The number of hydrogen-bond acceptors (Lipinski definition) is 3. The van der Waals surface area contributed by atoms with Crippen LogP contribution in [0.3, 0.4) is 0 Å². The van der Waals surface area contributed by atoms with Crippen LogP contribution in [0.4, 0.5) is 0 Å². The highest BCUT2D eigenvalue weighted by Crippen LogP contribution is 2.23. The second-order valence-corrected chi connectivity index (χ2v) is 5.25. The van der Waals surface area contributed by atoms with Crippen LogP contribution in [0.1, 0.15) is 30.9 Å². The quantitative estimate of drug-likeness (QED) is 0.612. The average Bonchev–Trinajstić information content (AvgIpc) is 2.46. The van der Waals surface area contributed by atoms with E-state index in [4.69, 9.17) is 9.47 Å². The van der Waals surface area contributed by atoms with Gasteiger partial charge in [0.05, 0.1) is 0 Å². The van der Waals surface area contributed by atoms with Crippen molar-refractivity contribution in [2.45, 2.75) is 26.7 Å². The molecule has 0 heterocycles. The van der Waals surface area contributed by atoms with E-state index in [0.717, 1.165) is 0 Å². The van der Waals surface area contributed by atoms with Gasteiger partial charge in [0.1, 0.15) is 11.5 Å². The van der Waals surface area contributed by atoms with Crippen molar-refractivity contribution >= 4 is 5.97 Å². The summed E-state index contributed by atoms with van der Waals surface area (Å²) in [6.07, 6.45) is 0. The third-order valence-corrected chi connectivity index (χ3v) is 3.19. The normalized spacial score (nSPS) is 10.5. The first-order chi connectivity index (χ1) is 10.1. The number of ether oxygens (including phenoxy) is 2. The van der Waals surface area contributed by atoms with Gasteiger partial charge in [0.25, 0.3) is 0 Å². The number of aryl methyl sites for hydroxylation is 1. The number of rotatable bonds is 5. The van der Waals surface area contributed by atoms with Crippen molar-refractivity contribution in [3.05, 3.63) is 59.7 Å². The fourth-order valence-electron chi connectivity index (χ4n) is 2.18. The molecule has 3 heteroatoms. The lowest BCUT2D eigenvalue weighted by Crippen LogP contribution is -2.17. The van der Waals surface area contributed by atoms with E-state index in [0.29, 0.717) is 17.4 Å². The minimum Gasteiger partial charge on any atom is -0.482 e. The molecule has 0 saturated heterocycles. The number of hydrogen-bond donors (Lipinski definition) is 0. The Kier molecular flexibility index (Phi) is 4.99. The molecule has 0 N–H and O–H groups in total. The number of carbonyl (C=O) groups is 1. The van der Waals surface area contributed by atoms with Gasteiger partial charge in [-0.15, -0.1) is 0 Å². The molecule has 0 saturated carbocycles. The standard InChI is InChI=1S/C18H20O3/c1-13(2)17-10-9-16(11-14(17)3)20-12-18(19)21-15-7-5-4-6-8-15/h4-11,13H,12H2,1-3H3. The Morgan fingerprint density at radius 3 is 2.38 bits per heavy atom. The Hall–Kier alpha value is -2.29. The molecule has 0 radical (unpaired) electrons. The van der Waals surface area contributed by atoms with E-state index >= 15 is 0 Å². The lowest BCUT2D eigenvalue weighted by Gasteiger charge is -2.12. The van der Waals surface area contributed by atoms with E-state index in [1.165, 1.54) is 11.1 Å². The van der Waals surface area contributed by atoms with Gasteiger partial charge in [0, 0.05) is 0 Å². The van der Waals surface area contributed by atoms with E-state index in [1.807, 2.05) is 43.3 Å². The molecule has 2 aromatic rings. The molecule has 0 spiro atoms. The Morgan fingerprint density at radius 1 is 1.05 bits per heavy atom. The van der Waals surface area contributed by atoms with Crippen molar-refractivity contribution in [3.63, 3.8) is 0 Å². The van der Waals surface area contributed by atoms with Gasteiger partial charge in [0.15, 0.2) is 6.61 Å². The maximum absolute atomic E-state index is 11.7. The first-order valence-electron chi connectivity index (χ1n) is 7.05. The molecule has 21 heavy (non-hydrogen) atoms. The third-order valence-electron chi connectivity index (χ3n) is 3.19. The minimum absolute atomic E-state index is 0.102. The Morgan fingerprint density at radius 2 is 1.76 bits per heavy atom. The van der Waals surface area contributed by atoms with E-state index in [9.17, 15) is 4.79 Å². The van der Waals surface area contributed by atoms with Gasteiger partial charge >= 0.3 is 5.97 Å². The second kappa shape index (κ2) is 6.93. The van der Waals surface area contributed by atoms with Crippen LogP contribution in [0.25, 0.3) is 0 Å². The van der Waals surface area contributed by atoms with Crippen LogP contribution in [0, 0.1) is 6.92 Å². The van der Waals surface area contributed by atoms with Crippen molar-refractivity contribution in [1.82, 2.24) is 0 Å². The molecule has 3 nitrogen and oxygen atoms in total. The van der Waals surface area contributed by atoms with Gasteiger partial charge < -0.3 is 9.47 Å². The Bertz CT molecular complexity index is 603. The number of esters is 1. The summed E-state index contributed by atoms with van der Waals surface area (Å²) in [5.41, 5.74) is 2.45. The van der Waals surface area contributed by atoms with E-state index in [-0.39, 0.29) is 6.61 Å². The van der Waals surface area contributed by atoms with Crippen LogP contribution in [0.2, 0.25) is 0 Å². The zero-order valence-corrected chi connectivity index (χ0v) is 12.6. The molecule has 2 rings (SSSR count). The molecule has 0 aliphatic carbocycles. The highest BCUT2D eigenvalue weighted by molar-refractivity contribution is 5.73. The molecule has 2 aromatic carbocycles. The summed E-state index contributed by atoms with van der Waals surface area (Å²) in [6.45, 7) is 6.25. The molecule has 0 amide bonds. The van der Waals surface area contributed by atoms with E-state index in [1.54, 1.807) is 12.1 Å². The molecule has 0 aromatic heterocycles. The van der Waals surface area contributed by atoms with Crippen LogP contribution >= 0.6 is 0 Å². The Balaban J connectivity index is 1.91. The van der Waals surface area contributed by atoms with E-state index in [2.05, 4.69) is 13.8 Å². The second-order valence-electron chi connectivity index (χ2n) is 5.25. The molecular weight excluding hydrogens is 264 g/mol. The van der Waals surface area contributed by atoms with Crippen LogP contribution in [-0.4, -0.2) is 12.6 Å². The Labute approximate surface area is 125 Å². The SMILES string of the molecule is Cc1cc(OCC(=O)Oc2ccccc2)ccc1C(C)C. The maximum atomic E-state index is 11.7. The predicted octanol–water partition coefficient (Wildman–Crippen LogP) is 4.10.